The fourth-order valence-corrected chi connectivity index (χ4v) is 7.71. The number of aromatic nitrogens is 1. The van der Waals surface area contributed by atoms with E-state index in [0.29, 0.717) is 0 Å². The number of hydrogen-bond donors (Lipinski definition) is 0. The summed E-state index contributed by atoms with van der Waals surface area (Å²) in [6.07, 6.45) is 6.74. The Kier molecular flexibility index (Phi) is 5.31. The monoisotopic (exact) mass is 547 g/mol. The van der Waals surface area contributed by atoms with Crippen LogP contribution in [0.4, 0.5) is 0 Å². The first-order valence-corrected chi connectivity index (χ1v) is 15.2. The Hall–Kier alpha value is -5.27. The summed E-state index contributed by atoms with van der Waals surface area (Å²) < 4.78 is 0. The lowest BCUT2D eigenvalue weighted by Gasteiger charge is -2.34. The zero-order valence-corrected chi connectivity index (χ0v) is 23.8. The molecule has 2 aliphatic rings. The third kappa shape index (κ3) is 3.49. The molecule has 2 aliphatic carbocycles. The molecule has 0 aliphatic heterocycles. The minimum Gasteiger partial charge on any atom is -0.248 e. The third-order valence-electron chi connectivity index (χ3n) is 9.54. The largest absolute Gasteiger partial charge is 0.248 e. The summed E-state index contributed by atoms with van der Waals surface area (Å²) in [6, 6.07) is 51.6. The van der Waals surface area contributed by atoms with E-state index in [0.717, 1.165) is 23.7 Å². The summed E-state index contributed by atoms with van der Waals surface area (Å²) in [5.74, 6) is 0. The molecule has 1 heteroatoms. The third-order valence-corrected chi connectivity index (χ3v) is 9.54. The van der Waals surface area contributed by atoms with E-state index in [1.165, 1.54) is 65.9 Å². The first-order chi connectivity index (χ1) is 21.3. The van der Waals surface area contributed by atoms with Gasteiger partial charge in [0.2, 0.25) is 0 Å². The van der Waals surface area contributed by atoms with Gasteiger partial charge in [0.25, 0.3) is 0 Å². The van der Waals surface area contributed by atoms with Crippen molar-refractivity contribution in [1.29, 1.82) is 0 Å². The first-order valence-electron chi connectivity index (χ1n) is 15.2. The van der Waals surface area contributed by atoms with Crippen LogP contribution in [0.5, 0.6) is 0 Å². The average Bonchev–Trinajstić information content (AvgIpc) is 3.39. The second-order valence-electron chi connectivity index (χ2n) is 11.8. The number of pyridine rings is 1. The van der Waals surface area contributed by atoms with E-state index >= 15 is 0 Å². The fourth-order valence-electron chi connectivity index (χ4n) is 7.71. The molecule has 9 rings (SSSR count). The summed E-state index contributed by atoms with van der Waals surface area (Å²) in [5.41, 5.74) is 10.9. The van der Waals surface area contributed by atoms with Crippen LogP contribution in [0, 0.1) is 0 Å². The molecule has 0 amide bonds. The molecule has 1 aromatic heterocycles. The Morgan fingerprint density at radius 1 is 0.465 bits per heavy atom. The molecule has 0 spiro atoms. The quantitative estimate of drug-likeness (QED) is 0.202. The van der Waals surface area contributed by atoms with Crippen molar-refractivity contribution in [1.82, 2.24) is 4.98 Å². The summed E-state index contributed by atoms with van der Waals surface area (Å²) in [7, 11) is 0. The molecule has 0 N–H and O–H groups in total. The highest BCUT2D eigenvalue weighted by Gasteiger charge is 2.45. The summed E-state index contributed by atoms with van der Waals surface area (Å²) in [6.45, 7) is 0. The summed E-state index contributed by atoms with van der Waals surface area (Å²) in [5, 5.41) is 6.09. The maximum Gasteiger partial charge on any atom is 0.0722 e. The van der Waals surface area contributed by atoms with Crippen LogP contribution in [-0.2, 0) is 5.41 Å². The molecule has 0 fully saturated rings. The molecule has 202 valence electrons. The van der Waals surface area contributed by atoms with E-state index in [-0.39, 0.29) is 0 Å². The molecule has 6 aromatic carbocycles. The van der Waals surface area contributed by atoms with Gasteiger partial charge in [0, 0.05) is 5.39 Å². The van der Waals surface area contributed by atoms with Gasteiger partial charge in [-0.05, 0) is 91.5 Å². The van der Waals surface area contributed by atoms with Crippen LogP contribution in [0.3, 0.4) is 0 Å². The van der Waals surface area contributed by atoms with Crippen molar-refractivity contribution in [2.75, 3.05) is 0 Å². The molecule has 0 atom stereocenters. The maximum absolute atomic E-state index is 5.19. The molecule has 1 nitrogen and oxygen atoms in total. The average molecular weight is 548 g/mol. The van der Waals surface area contributed by atoms with E-state index in [9.17, 15) is 0 Å². The van der Waals surface area contributed by atoms with Gasteiger partial charge in [0.1, 0.15) is 0 Å². The lowest BCUT2D eigenvalue weighted by Crippen LogP contribution is -2.29. The summed E-state index contributed by atoms with van der Waals surface area (Å²) >= 11 is 0. The van der Waals surface area contributed by atoms with Gasteiger partial charge in [-0.15, -0.1) is 0 Å². The molecule has 0 saturated heterocycles. The molecule has 0 saturated carbocycles. The summed E-state index contributed by atoms with van der Waals surface area (Å²) in [4.78, 5) is 5.19. The van der Waals surface area contributed by atoms with Crippen molar-refractivity contribution in [2.24, 2.45) is 0 Å². The van der Waals surface area contributed by atoms with Gasteiger partial charge in [-0.2, -0.15) is 0 Å². The van der Waals surface area contributed by atoms with E-state index in [1.807, 2.05) is 0 Å². The van der Waals surface area contributed by atoms with Crippen molar-refractivity contribution < 1.29 is 0 Å². The number of benzene rings is 6. The van der Waals surface area contributed by atoms with Crippen LogP contribution < -0.4 is 10.6 Å². The topological polar surface area (TPSA) is 12.9 Å². The predicted molar refractivity (Wildman–Crippen MR) is 179 cm³/mol. The minimum atomic E-state index is -0.417. The van der Waals surface area contributed by atoms with Gasteiger partial charge in [-0.25, -0.2) is 4.98 Å². The Labute approximate surface area is 251 Å². The smallest absolute Gasteiger partial charge is 0.0722 e. The van der Waals surface area contributed by atoms with E-state index in [4.69, 9.17) is 4.98 Å². The van der Waals surface area contributed by atoms with Crippen LogP contribution in [0.25, 0.3) is 56.1 Å². The van der Waals surface area contributed by atoms with Gasteiger partial charge in [0.15, 0.2) is 0 Å². The number of rotatable bonds is 3. The lowest BCUT2D eigenvalue weighted by atomic mass is 9.67. The first kappa shape index (κ1) is 24.3. The second-order valence-corrected chi connectivity index (χ2v) is 11.8. The number of hydrogen-bond acceptors (Lipinski definition) is 1. The second kappa shape index (κ2) is 9.37. The zero-order valence-electron chi connectivity index (χ0n) is 23.8. The molecule has 43 heavy (non-hydrogen) atoms. The highest BCUT2D eigenvalue weighted by molar-refractivity contribution is 6.12. The van der Waals surface area contributed by atoms with E-state index in [2.05, 4.69) is 152 Å². The van der Waals surface area contributed by atoms with Gasteiger partial charge in [-0.1, -0.05) is 133 Å². The lowest BCUT2D eigenvalue weighted by molar-refractivity contribution is 0.769. The van der Waals surface area contributed by atoms with Crippen LogP contribution in [0.15, 0.2) is 140 Å². The van der Waals surface area contributed by atoms with Gasteiger partial charge < -0.3 is 0 Å². The van der Waals surface area contributed by atoms with Crippen molar-refractivity contribution in [3.8, 4) is 22.3 Å². The van der Waals surface area contributed by atoms with Gasteiger partial charge >= 0.3 is 0 Å². The van der Waals surface area contributed by atoms with Crippen LogP contribution in [0.1, 0.15) is 35.1 Å². The van der Waals surface area contributed by atoms with E-state index < -0.39 is 5.41 Å². The molecule has 0 unspecified atom stereocenters. The molecule has 0 radical (unpaired) electrons. The number of nitrogens with zero attached hydrogens (tertiary/aromatic N) is 1. The highest BCUT2D eigenvalue weighted by Crippen LogP contribution is 2.56. The molecular weight excluding hydrogens is 518 g/mol. The Morgan fingerprint density at radius 2 is 1.12 bits per heavy atom. The molecule has 1 heterocycles. The highest BCUT2D eigenvalue weighted by atomic mass is 14.7. The zero-order chi connectivity index (χ0) is 28.4. The van der Waals surface area contributed by atoms with Crippen molar-refractivity contribution in [3.05, 3.63) is 172 Å². The Bertz CT molecular complexity index is 2300. The van der Waals surface area contributed by atoms with Crippen LogP contribution >= 0.6 is 0 Å². The fraction of sp³-hybridized carbons (Fsp3) is 0.0714. The maximum atomic E-state index is 5.19. The van der Waals surface area contributed by atoms with Gasteiger partial charge in [0.05, 0.1) is 16.3 Å². The van der Waals surface area contributed by atoms with Crippen LogP contribution in [0.2, 0.25) is 0 Å². The normalized spacial score (nSPS) is 14.4. The Balaban J connectivity index is 1.35. The molecule has 0 bridgehead atoms. The molecule has 7 aromatic rings. The standard InChI is InChI=1S/C42H29N/c1-2-15-30(16-3-1)42(38-22-9-7-20-34(38)35-21-8-10-23-39(35)42)31-17-12-14-28(25-31)36-27-41-37(33-19-6-5-18-32(33)36)26-29-13-4-11-24-40(29)43-41/h1-3,5-10,12-27H,4,11H2. The van der Waals surface area contributed by atoms with Crippen molar-refractivity contribution in [2.45, 2.75) is 18.3 Å². The minimum absolute atomic E-state index is 0.417. The Morgan fingerprint density at radius 3 is 1.91 bits per heavy atom. The SMILES string of the molecule is C1=c2cc3c(cc(-c4cccc(C5(c6ccccc6)c6ccccc6-c6ccccc65)c4)c4ccccc43)nc2=CCC1. The predicted octanol–water partition coefficient (Wildman–Crippen LogP) is 8.77. The van der Waals surface area contributed by atoms with Gasteiger partial charge in [-0.3, -0.25) is 0 Å². The molecular formula is C42H29N. The van der Waals surface area contributed by atoms with Crippen molar-refractivity contribution >= 4 is 33.8 Å². The van der Waals surface area contributed by atoms with Crippen molar-refractivity contribution in [3.63, 3.8) is 0 Å². The number of fused-ring (bicyclic) bond motifs is 7. The van der Waals surface area contributed by atoms with Crippen LogP contribution in [-0.4, -0.2) is 4.98 Å². The van der Waals surface area contributed by atoms with E-state index in [1.54, 1.807) is 0 Å².